The third-order valence-corrected chi connectivity index (χ3v) is 2.28. The van der Waals surface area contributed by atoms with E-state index >= 15 is 0 Å². The van der Waals surface area contributed by atoms with Crippen LogP contribution in [0.3, 0.4) is 0 Å². The highest BCUT2D eigenvalue weighted by Gasteiger charge is 2.12. The van der Waals surface area contributed by atoms with E-state index in [1.54, 1.807) is 0 Å². The second kappa shape index (κ2) is 4.98. The van der Waals surface area contributed by atoms with Gasteiger partial charge in [0, 0.05) is 32.7 Å². The van der Waals surface area contributed by atoms with Gasteiger partial charge in [0.25, 0.3) is 0 Å². The van der Waals surface area contributed by atoms with Crippen LogP contribution < -0.4 is 0 Å². The van der Waals surface area contributed by atoms with Gasteiger partial charge in [-0.1, -0.05) is 0 Å². The van der Waals surface area contributed by atoms with E-state index in [1.807, 2.05) is 0 Å². The molecular formula is C7H16N2OS. The van der Waals surface area contributed by atoms with Crippen molar-refractivity contribution in [1.82, 2.24) is 9.80 Å². The Morgan fingerprint density at radius 2 is 1.91 bits per heavy atom. The Hall–Kier alpha value is 0.230. The zero-order valence-electron chi connectivity index (χ0n) is 6.99. The van der Waals surface area contributed by atoms with Crippen LogP contribution in [0.2, 0.25) is 0 Å². The van der Waals surface area contributed by atoms with E-state index in [0.717, 1.165) is 26.2 Å². The summed E-state index contributed by atoms with van der Waals surface area (Å²) in [6, 6.07) is 0. The fourth-order valence-corrected chi connectivity index (χ4v) is 1.32. The van der Waals surface area contributed by atoms with Gasteiger partial charge in [-0.05, 0) is 20.0 Å². The highest BCUT2D eigenvalue weighted by atomic mass is 32.1. The number of likely N-dealkylation sites (N-methyl/N-ethyl adjacent to an activating group) is 1. The van der Waals surface area contributed by atoms with Crippen LogP contribution in [0.5, 0.6) is 0 Å². The Balaban J connectivity index is 2.07. The summed E-state index contributed by atoms with van der Waals surface area (Å²) in [5.74, 6) is 0. The summed E-state index contributed by atoms with van der Waals surface area (Å²) in [6.07, 6.45) is 0. The van der Waals surface area contributed by atoms with Gasteiger partial charge in [-0.25, -0.2) is 0 Å². The Bertz CT molecular complexity index is 102. The molecule has 1 heterocycles. The van der Waals surface area contributed by atoms with E-state index in [4.69, 9.17) is 4.18 Å². The lowest BCUT2D eigenvalue weighted by Crippen LogP contribution is -2.45. The normalized spacial score (nSPS) is 22.4. The third-order valence-electron chi connectivity index (χ3n) is 2.09. The fraction of sp³-hybridized carbons (Fsp3) is 1.00. The van der Waals surface area contributed by atoms with Crippen LogP contribution >= 0.6 is 12.9 Å². The maximum atomic E-state index is 4.71. The molecule has 0 amide bonds. The molecule has 0 saturated carbocycles. The van der Waals surface area contributed by atoms with Crippen molar-refractivity contribution in [3.63, 3.8) is 0 Å². The summed E-state index contributed by atoms with van der Waals surface area (Å²) < 4.78 is 4.71. The largest absolute Gasteiger partial charge is 0.317 e. The van der Waals surface area contributed by atoms with E-state index in [0.29, 0.717) is 0 Å². The molecule has 0 spiro atoms. The molecule has 0 unspecified atom stereocenters. The highest BCUT2D eigenvalue weighted by molar-refractivity contribution is 7.75. The average molecular weight is 176 g/mol. The van der Waals surface area contributed by atoms with Gasteiger partial charge in [0.1, 0.15) is 0 Å². The number of nitrogens with zero attached hydrogens (tertiary/aromatic N) is 2. The van der Waals surface area contributed by atoms with E-state index in [9.17, 15) is 0 Å². The zero-order valence-corrected chi connectivity index (χ0v) is 7.89. The number of thiol groups is 1. The molecule has 0 bridgehead atoms. The molecular weight excluding hydrogens is 160 g/mol. The van der Waals surface area contributed by atoms with Crippen LogP contribution in [0, 0.1) is 0 Å². The monoisotopic (exact) mass is 176 g/mol. The second-order valence-electron chi connectivity index (χ2n) is 2.98. The van der Waals surface area contributed by atoms with Crippen LogP contribution in [-0.2, 0) is 4.18 Å². The molecule has 0 aliphatic carbocycles. The van der Waals surface area contributed by atoms with Crippen molar-refractivity contribution < 1.29 is 4.18 Å². The number of hydrogen-bond acceptors (Lipinski definition) is 4. The van der Waals surface area contributed by atoms with Gasteiger partial charge in [-0.2, -0.15) is 0 Å². The van der Waals surface area contributed by atoms with Crippen LogP contribution in [0.15, 0.2) is 0 Å². The van der Waals surface area contributed by atoms with Gasteiger partial charge in [0.15, 0.2) is 0 Å². The standard InChI is InChI=1S/C7H16N2OS/c1-8-2-4-9(5-3-8)6-7-10-11/h11H,2-7H2,1H3. The van der Waals surface area contributed by atoms with E-state index in [1.165, 1.54) is 13.1 Å². The number of hydrogen-bond donors (Lipinski definition) is 1. The summed E-state index contributed by atoms with van der Waals surface area (Å²) in [6.45, 7) is 6.41. The topological polar surface area (TPSA) is 15.7 Å². The van der Waals surface area contributed by atoms with Gasteiger partial charge in [-0.15, -0.1) is 0 Å². The SMILES string of the molecule is CN1CCN(CCOS)CC1. The van der Waals surface area contributed by atoms with Gasteiger partial charge < -0.3 is 9.08 Å². The molecule has 1 fully saturated rings. The fourth-order valence-electron chi connectivity index (χ4n) is 1.24. The van der Waals surface area contributed by atoms with Crippen molar-refractivity contribution in [2.24, 2.45) is 0 Å². The molecule has 1 saturated heterocycles. The first kappa shape index (κ1) is 9.32. The zero-order chi connectivity index (χ0) is 8.10. The Morgan fingerprint density at radius 3 is 2.45 bits per heavy atom. The van der Waals surface area contributed by atoms with Crippen molar-refractivity contribution in [3.05, 3.63) is 0 Å². The molecule has 3 nitrogen and oxygen atoms in total. The smallest absolute Gasteiger partial charge is 0.0737 e. The van der Waals surface area contributed by atoms with E-state index in [-0.39, 0.29) is 0 Å². The number of rotatable bonds is 3. The van der Waals surface area contributed by atoms with Crippen molar-refractivity contribution in [3.8, 4) is 0 Å². The van der Waals surface area contributed by atoms with Crippen LogP contribution in [-0.4, -0.2) is 56.2 Å². The number of piperazine rings is 1. The van der Waals surface area contributed by atoms with Gasteiger partial charge in [0.05, 0.1) is 6.61 Å². The lowest BCUT2D eigenvalue weighted by molar-refractivity contribution is 0.139. The maximum absolute atomic E-state index is 4.71. The Morgan fingerprint density at radius 1 is 1.27 bits per heavy atom. The Labute approximate surface area is 73.9 Å². The summed E-state index contributed by atoms with van der Waals surface area (Å²) >= 11 is 3.70. The first-order chi connectivity index (χ1) is 5.33. The minimum absolute atomic E-state index is 0.729. The van der Waals surface area contributed by atoms with E-state index < -0.39 is 0 Å². The lowest BCUT2D eigenvalue weighted by Gasteiger charge is -2.31. The summed E-state index contributed by atoms with van der Waals surface area (Å²) in [5, 5.41) is 0. The predicted octanol–water partition coefficient (Wildman–Crippen LogP) is 0.0952. The first-order valence-electron chi connectivity index (χ1n) is 4.00. The molecule has 0 atom stereocenters. The molecule has 4 heteroatoms. The minimum Gasteiger partial charge on any atom is -0.317 e. The third kappa shape index (κ3) is 3.42. The quantitative estimate of drug-likeness (QED) is 0.485. The maximum Gasteiger partial charge on any atom is 0.0737 e. The summed E-state index contributed by atoms with van der Waals surface area (Å²) in [4.78, 5) is 4.74. The minimum atomic E-state index is 0.729. The van der Waals surface area contributed by atoms with Gasteiger partial charge in [0.2, 0.25) is 0 Å². The average Bonchev–Trinajstić information content (AvgIpc) is 2.04. The molecule has 1 aliphatic heterocycles. The van der Waals surface area contributed by atoms with Gasteiger partial charge >= 0.3 is 0 Å². The molecule has 66 valence electrons. The molecule has 0 aromatic heterocycles. The van der Waals surface area contributed by atoms with Crippen LogP contribution in [0.25, 0.3) is 0 Å². The molecule has 0 aromatic rings. The molecule has 0 N–H and O–H groups in total. The predicted molar refractivity (Wildman–Crippen MR) is 48.9 cm³/mol. The van der Waals surface area contributed by atoms with Crippen LogP contribution in [0.4, 0.5) is 0 Å². The molecule has 1 rings (SSSR count). The molecule has 1 aliphatic rings. The highest BCUT2D eigenvalue weighted by Crippen LogP contribution is 1.98. The van der Waals surface area contributed by atoms with Crippen molar-refractivity contribution in [1.29, 1.82) is 0 Å². The second-order valence-corrected chi connectivity index (χ2v) is 3.24. The molecule has 11 heavy (non-hydrogen) atoms. The lowest BCUT2D eigenvalue weighted by atomic mass is 10.3. The molecule has 0 aromatic carbocycles. The van der Waals surface area contributed by atoms with Crippen LogP contribution in [0.1, 0.15) is 0 Å². The summed E-state index contributed by atoms with van der Waals surface area (Å²) in [5.41, 5.74) is 0. The first-order valence-corrected chi connectivity index (χ1v) is 4.36. The van der Waals surface area contributed by atoms with Crippen molar-refractivity contribution in [2.45, 2.75) is 0 Å². The van der Waals surface area contributed by atoms with Crippen molar-refractivity contribution in [2.75, 3.05) is 46.4 Å². The molecule has 0 radical (unpaired) electrons. The Kier molecular flexibility index (Phi) is 4.22. The van der Waals surface area contributed by atoms with Gasteiger partial charge in [-0.3, -0.25) is 4.90 Å². The summed E-state index contributed by atoms with van der Waals surface area (Å²) in [7, 11) is 2.16. The van der Waals surface area contributed by atoms with E-state index in [2.05, 4.69) is 29.8 Å². The van der Waals surface area contributed by atoms with Crippen molar-refractivity contribution >= 4 is 12.9 Å².